The maximum Gasteiger partial charge on any atom is 0.255 e. The van der Waals surface area contributed by atoms with E-state index in [1.54, 1.807) is 12.1 Å². The summed E-state index contributed by atoms with van der Waals surface area (Å²) in [5.41, 5.74) is 6.49. The second-order valence-corrected chi connectivity index (χ2v) is 5.74. The Morgan fingerprint density at radius 2 is 1.96 bits per heavy atom. The zero-order chi connectivity index (χ0) is 16.4. The third kappa shape index (κ3) is 2.46. The Morgan fingerprint density at radius 1 is 1.22 bits per heavy atom. The molecule has 2 aromatic rings. The summed E-state index contributed by atoms with van der Waals surface area (Å²) < 4.78 is 0. The lowest BCUT2D eigenvalue weighted by Gasteiger charge is -2.35. The van der Waals surface area contributed by atoms with Crippen LogP contribution < -0.4 is 5.73 Å². The minimum Gasteiger partial charge on any atom is -0.367 e. The Hall–Kier alpha value is -2.76. The van der Waals surface area contributed by atoms with Crippen molar-refractivity contribution in [2.75, 3.05) is 6.54 Å². The molecule has 1 atom stereocenters. The van der Waals surface area contributed by atoms with Gasteiger partial charge in [0.2, 0.25) is 5.91 Å². The first kappa shape index (κ1) is 15.1. The fourth-order valence-corrected chi connectivity index (χ4v) is 3.11. The fourth-order valence-electron chi connectivity index (χ4n) is 3.11. The molecule has 0 spiro atoms. The molecule has 1 aromatic heterocycles. The number of nitrogens with zero attached hydrogens (tertiary/aromatic N) is 3. The number of nitrogens with two attached hydrogens (primary N) is 1. The lowest BCUT2D eigenvalue weighted by molar-refractivity contribution is -0.128. The maximum absolute atomic E-state index is 12.9. The van der Waals surface area contributed by atoms with Crippen LogP contribution in [0.2, 0.25) is 0 Å². The fraction of sp³-hybridized carbons (Fsp3) is 0.294. The number of aryl methyl sites for hydroxylation is 1. The first-order valence-electron chi connectivity index (χ1n) is 7.51. The van der Waals surface area contributed by atoms with Gasteiger partial charge in [-0.25, -0.2) is 0 Å². The SMILES string of the molecule is Cc1ccc(C(=O)N2CCC[C@@]2(C(N)=O)c2cnccn2)cc1. The largest absolute Gasteiger partial charge is 0.367 e. The van der Waals surface area contributed by atoms with E-state index in [0.717, 1.165) is 5.56 Å². The highest BCUT2D eigenvalue weighted by molar-refractivity contribution is 5.99. The van der Waals surface area contributed by atoms with Crippen molar-refractivity contribution in [1.82, 2.24) is 14.9 Å². The van der Waals surface area contributed by atoms with E-state index in [2.05, 4.69) is 9.97 Å². The Bertz CT molecular complexity index is 730. The summed E-state index contributed by atoms with van der Waals surface area (Å²) in [5, 5.41) is 0. The number of primary amides is 1. The van der Waals surface area contributed by atoms with Crippen molar-refractivity contribution in [3.8, 4) is 0 Å². The van der Waals surface area contributed by atoms with Gasteiger partial charge in [-0.15, -0.1) is 0 Å². The maximum atomic E-state index is 12.9. The van der Waals surface area contributed by atoms with Gasteiger partial charge in [-0.1, -0.05) is 17.7 Å². The van der Waals surface area contributed by atoms with E-state index in [0.29, 0.717) is 30.6 Å². The minimum atomic E-state index is -1.23. The topological polar surface area (TPSA) is 89.2 Å². The quantitative estimate of drug-likeness (QED) is 0.928. The average Bonchev–Trinajstić information content (AvgIpc) is 3.02. The molecule has 0 saturated carbocycles. The van der Waals surface area contributed by atoms with Crippen molar-refractivity contribution < 1.29 is 9.59 Å². The van der Waals surface area contributed by atoms with Gasteiger partial charge in [-0.3, -0.25) is 19.6 Å². The van der Waals surface area contributed by atoms with Crippen LogP contribution in [0.25, 0.3) is 0 Å². The van der Waals surface area contributed by atoms with E-state index in [1.807, 2.05) is 19.1 Å². The molecule has 1 saturated heterocycles. The van der Waals surface area contributed by atoms with Crippen molar-refractivity contribution >= 4 is 11.8 Å². The van der Waals surface area contributed by atoms with Gasteiger partial charge >= 0.3 is 0 Å². The number of hydrogen-bond donors (Lipinski definition) is 1. The molecule has 1 fully saturated rings. The van der Waals surface area contributed by atoms with Crippen molar-refractivity contribution in [2.45, 2.75) is 25.3 Å². The van der Waals surface area contributed by atoms with Crippen LogP contribution in [-0.4, -0.2) is 33.2 Å². The molecule has 3 rings (SSSR count). The molecule has 0 radical (unpaired) electrons. The predicted molar refractivity (Wildman–Crippen MR) is 84.4 cm³/mol. The zero-order valence-corrected chi connectivity index (χ0v) is 12.9. The van der Waals surface area contributed by atoms with Crippen LogP contribution in [0.4, 0.5) is 0 Å². The molecule has 2 N–H and O–H groups in total. The highest BCUT2D eigenvalue weighted by atomic mass is 16.2. The normalized spacial score (nSPS) is 20.5. The Balaban J connectivity index is 2.05. The molecule has 6 nitrogen and oxygen atoms in total. The van der Waals surface area contributed by atoms with Crippen LogP contribution >= 0.6 is 0 Å². The summed E-state index contributed by atoms with van der Waals surface area (Å²) in [4.78, 5) is 35.0. The van der Waals surface area contributed by atoms with E-state index in [-0.39, 0.29) is 5.91 Å². The van der Waals surface area contributed by atoms with Gasteiger partial charge in [0.1, 0.15) is 0 Å². The van der Waals surface area contributed by atoms with Crippen LogP contribution in [0.1, 0.15) is 34.5 Å². The van der Waals surface area contributed by atoms with Crippen LogP contribution in [-0.2, 0) is 10.3 Å². The van der Waals surface area contributed by atoms with Gasteiger partial charge < -0.3 is 10.6 Å². The highest BCUT2D eigenvalue weighted by Gasteiger charge is 2.51. The van der Waals surface area contributed by atoms with Crippen molar-refractivity contribution in [3.63, 3.8) is 0 Å². The molecule has 1 aromatic carbocycles. The number of rotatable bonds is 3. The molecule has 2 heterocycles. The van der Waals surface area contributed by atoms with E-state index >= 15 is 0 Å². The molecule has 0 aliphatic carbocycles. The lowest BCUT2D eigenvalue weighted by atomic mass is 9.90. The molecule has 23 heavy (non-hydrogen) atoms. The first-order chi connectivity index (χ1) is 11.1. The number of carbonyl (C=O) groups is 2. The van der Waals surface area contributed by atoms with Crippen LogP contribution in [0.5, 0.6) is 0 Å². The summed E-state index contributed by atoms with van der Waals surface area (Å²) in [5.74, 6) is -0.789. The number of hydrogen-bond acceptors (Lipinski definition) is 4. The van der Waals surface area contributed by atoms with Gasteiger partial charge in [-0.2, -0.15) is 0 Å². The summed E-state index contributed by atoms with van der Waals surface area (Å²) >= 11 is 0. The van der Waals surface area contributed by atoms with Gasteiger partial charge in [0.25, 0.3) is 5.91 Å². The monoisotopic (exact) mass is 310 g/mol. The summed E-state index contributed by atoms with van der Waals surface area (Å²) in [6.45, 7) is 2.42. The summed E-state index contributed by atoms with van der Waals surface area (Å²) in [7, 11) is 0. The average molecular weight is 310 g/mol. The van der Waals surface area contributed by atoms with E-state index in [4.69, 9.17) is 5.73 Å². The van der Waals surface area contributed by atoms with Crippen LogP contribution in [0, 0.1) is 6.92 Å². The Labute approximate surface area is 134 Å². The van der Waals surface area contributed by atoms with E-state index < -0.39 is 11.4 Å². The Morgan fingerprint density at radius 3 is 2.57 bits per heavy atom. The smallest absolute Gasteiger partial charge is 0.255 e. The second-order valence-electron chi connectivity index (χ2n) is 5.74. The van der Waals surface area contributed by atoms with Crippen LogP contribution in [0.15, 0.2) is 42.9 Å². The molecule has 2 amide bonds. The molecule has 6 heteroatoms. The second kappa shape index (κ2) is 5.79. The van der Waals surface area contributed by atoms with Crippen LogP contribution in [0.3, 0.4) is 0 Å². The standard InChI is InChI=1S/C17H18N4O2/c1-12-3-5-13(6-4-12)15(22)21-10-2-7-17(21,16(18)23)14-11-19-8-9-20-14/h3-6,8-9,11H,2,7,10H2,1H3,(H2,18,23)/t17-/m0/s1. The molecular formula is C17H18N4O2. The van der Waals surface area contributed by atoms with Crippen molar-refractivity contribution in [1.29, 1.82) is 0 Å². The molecule has 0 unspecified atom stereocenters. The Kier molecular flexibility index (Phi) is 3.82. The number of carbonyl (C=O) groups excluding carboxylic acids is 2. The van der Waals surface area contributed by atoms with E-state index in [9.17, 15) is 9.59 Å². The number of aromatic nitrogens is 2. The first-order valence-corrected chi connectivity index (χ1v) is 7.51. The molecule has 1 aliphatic heterocycles. The molecular weight excluding hydrogens is 292 g/mol. The van der Waals surface area contributed by atoms with E-state index in [1.165, 1.54) is 23.5 Å². The molecule has 1 aliphatic rings. The summed E-state index contributed by atoms with van der Waals surface area (Å²) in [6.07, 6.45) is 5.69. The number of likely N-dealkylation sites (tertiary alicyclic amines) is 1. The molecule has 0 bridgehead atoms. The number of amides is 2. The van der Waals surface area contributed by atoms with Crippen molar-refractivity contribution in [2.24, 2.45) is 5.73 Å². The predicted octanol–water partition coefficient (Wildman–Crippen LogP) is 1.40. The zero-order valence-electron chi connectivity index (χ0n) is 12.9. The highest BCUT2D eigenvalue weighted by Crippen LogP contribution is 2.38. The minimum absolute atomic E-state index is 0.216. The van der Waals surface area contributed by atoms with Gasteiger partial charge in [0.15, 0.2) is 5.54 Å². The number of benzene rings is 1. The summed E-state index contributed by atoms with van der Waals surface area (Å²) in [6, 6.07) is 7.27. The van der Waals surface area contributed by atoms with Gasteiger partial charge in [-0.05, 0) is 31.9 Å². The lowest BCUT2D eigenvalue weighted by Crippen LogP contribution is -2.54. The third-order valence-electron chi connectivity index (χ3n) is 4.32. The van der Waals surface area contributed by atoms with Gasteiger partial charge in [0.05, 0.1) is 11.9 Å². The van der Waals surface area contributed by atoms with Gasteiger partial charge in [0, 0.05) is 24.5 Å². The third-order valence-corrected chi connectivity index (χ3v) is 4.32. The molecule has 118 valence electrons. The van der Waals surface area contributed by atoms with Crippen molar-refractivity contribution in [3.05, 3.63) is 59.7 Å².